The Morgan fingerprint density at radius 3 is 2.86 bits per heavy atom. The van der Waals surface area contributed by atoms with Crippen molar-refractivity contribution in [2.45, 2.75) is 38.5 Å². The fraction of sp³-hybridized carbons (Fsp3) is 1.00. The maximum absolute atomic E-state index is 9.51. The summed E-state index contributed by atoms with van der Waals surface area (Å²) in [5.74, 6) is 0. The molecule has 0 aromatic carbocycles. The molecule has 3 unspecified atom stereocenters. The summed E-state index contributed by atoms with van der Waals surface area (Å²) in [5, 5.41) is 9.51. The molecular formula is C10H22N2O2. The van der Waals surface area contributed by atoms with Gasteiger partial charge >= 0.3 is 0 Å². The second-order valence-corrected chi connectivity index (χ2v) is 4.06. The largest absolute Gasteiger partial charge is 0.392 e. The third-order valence-corrected chi connectivity index (χ3v) is 2.92. The zero-order valence-electron chi connectivity index (χ0n) is 9.15. The number of nitrogens with zero attached hydrogens (tertiary/aromatic N) is 1. The molecule has 0 radical (unpaired) electrons. The SMILES string of the molecule is CC(O)C(C)N1CCCOC(CN)C1. The van der Waals surface area contributed by atoms with Crippen molar-refractivity contribution in [3.05, 3.63) is 0 Å². The number of hydrogen-bond donors (Lipinski definition) is 2. The minimum atomic E-state index is -0.300. The first-order chi connectivity index (χ1) is 6.65. The van der Waals surface area contributed by atoms with Crippen molar-refractivity contribution in [1.29, 1.82) is 0 Å². The van der Waals surface area contributed by atoms with Crippen LogP contribution in [0.1, 0.15) is 20.3 Å². The molecule has 4 nitrogen and oxygen atoms in total. The maximum atomic E-state index is 9.51. The van der Waals surface area contributed by atoms with Crippen LogP contribution in [0.3, 0.4) is 0 Å². The summed E-state index contributed by atoms with van der Waals surface area (Å²) in [7, 11) is 0. The summed E-state index contributed by atoms with van der Waals surface area (Å²) in [6.45, 7) is 7.04. The molecule has 0 saturated carbocycles. The molecule has 1 aliphatic heterocycles. The van der Waals surface area contributed by atoms with Crippen molar-refractivity contribution >= 4 is 0 Å². The van der Waals surface area contributed by atoms with Crippen LogP contribution in [-0.4, -0.2) is 54.5 Å². The van der Waals surface area contributed by atoms with Crippen LogP contribution in [0.2, 0.25) is 0 Å². The smallest absolute Gasteiger partial charge is 0.0824 e. The van der Waals surface area contributed by atoms with Crippen molar-refractivity contribution in [2.24, 2.45) is 5.73 Å². The van der Waals surface area contributed by atoms with E-state index in [2.05, 4.69) is 4.90 Å². The molecule has 0 spiro atoms. The Morgan fingerprint density at radius 1 is 1.57 bits per heavy atom. The Kier molecular flexibility index (Phi) is 4.81. The Labute approximate surface area is 86.0 Å². The number of aliphatic hydroxyl groups is 1. The van der Waals surface area contributed by atoms with Gasteiger partial charge in [-0.25, -0.2) is 0 Å². The number of nitrogens with two attached hydrogens (primary N) is 1. The Hall–Kier alpha value is -0.160. The van der Waals surface area contributed by atoms with E-state index in [4.69, 9.17) is 10.5 Å². The zero-order chi connectivity index (χ0) is 10.6. The van der Waals surface area contributed by atoms with Crippen LogP contribution in [0.4, 0.5) is 0 Å². The summed E-state index contributed by atoms with van der Waals surface area (Å²) in [6.07, 6.45) is 0.846. The van der Waals surface area contributed by atoms with Crippen LogP contribution in [0.15, 0.2) is 0 Å². The fourth-order valence-corrected chi connectivity index (χ4v) is 1.74. The van der Waals surface area contributed by atoms with Crippen LogP contribution in [-0.2, 0) is 4.74 Å². The quantitative estimate of drug-likeness (QED) is 0.666. The van der Waals surface area contributed by atoms with E-state index in [0.717, 1.165) is 26.1 Å². The average molecular weight is 202 g/mol. The molecule has 0 aromatic heterocycles. The van der Waals surface area contributed by atoms with E-state index in [1.165, 1.54) is 0 Å². The summed E-state index contributed by atoms with van der Waals surface area (Å²) >= 11 is 0. The predicted molar refractivity (Wildman–Crippen MR) is 56.1 cm³/mol. The molecule has 3 atom stereocenters. The molecule has 1 aliphatic rings. The summed E-state index contributed by atoms with van der Waals surface area (Å²) in [4.78, 5) is 2.26. The highest BCUT2D eigenvalue weighted by molar-refractivity contribution is 4.77. The Bertz CT molecular complexity index is 164. The minimum absolute atomic E-state index is 0.124. The van der Waals surface area contributed by atoms with Crippen molar-refractivity contribution in [2.75, 3.05) is 26.2 Å². The second-order valence-electron chi connectivity index (χ2n) is 4.06. The molecule has 14 heavy (non-hydrogen) atoms. The van der Waals surface area contributed by atoms with Gasteiger partial charge in [0.25, 0.3) is 0 Å². The van der Waals surface area contributed by atoms with Gasteiger partial charge in [0.05, 0.1) is 12.2 Å². The highest BCUT2D eigenvalue weighted by Gasteiger charge is 2.23. The first-order valence-electron chi connectivity index (χ1n) is 5.39. The fourth-order valence-electron chi connectivity index (χ4n) is 1.74. The van der Waals surface area contributed by atoms with Crippen molar-refractivity contribution < 1.29 is 9.84 Å². The number of hydrogen-bond acceptors (Lipinski definition) is 4. The molecule has 0 amide bonds. The van der Waals surface area contributed by atoms with E-state index in [1.54, 1.807) is 0 Å². The zero-order valence-corrected chi connectivity index (χ0v) is 9.15. The van der Waals surface area contributed by atoms with Crippen LogP contribution in [0, 0.1) is 0 Å². The summed E-state index contributed by atoms with van der Waals surface area (Å²) in [5.41, 5.74) is 5.60. The van der Waals surface area contributed by atoms with E-state index >= 15 is 0 Å². The molecule has 1 rings (SSSR count). The summed E-state index contributed by atoms with van der Waals surface area (Å²) in [6, 6.07) is 0.186. The second kappa shape index (κ2) is 5.66. The van der Waals surface area contributed by atoms with Gasteiger partial charge < -0.3 is 15.6 Å². The molecule has 84 valence electrons. The first-order valence-corrected chi connectivity index (χ1v) is 5.39. The van der Waals surface area contributed by atoms with Crippen molar-refractivity contribution in [3.8, 4) is 0 Å². The Morgan fingerprint density at radius 2 is 2.29 bits per heavy atom. The monoisotopic (exact) mass is 202 g/mol. The molecule has 1 fully saturated rings. The normalized spacial score (nSPS) is 29.6. The molecule has 4 heteroatoms. The third-order valence-electron chi connectivity index (χ3n) is 2.92. The minimum Gasteiger partial charge on any atom is -0.392 e. The predicted octanol–water partition coefficient (Wildman–Crippen LogP) is -0.195. The van der Waals surface area contributed by atoms with Gasteiger partial charge in [-0.15, -0.1) is 0 Å². The number of aliphatic hydroxyl groups excluding tert-OH is 1. The maximum Gasteiger partial charge on any atom is 0.0824 e. The first kappa shape index (κ1) is 11.9. The van der Waals surface area contributed by atoms with Crippen molar-refractivity contribution in [3.63, 3.8) is 0 Å². The molecule has 3 N–H and O–H groups in total. The lowest BCUT2D eigenvalue weighted by Crippen LogP contribution is -2.45. The summed E-state index contributed by atoms with van der Waals surface area (Å²) < 4.78 is 5.56. The number of rotatable bonds is 3. The third kappa shape index (κ3) is 3.20. The van der Waals surface area contributed by atoms with Crippen molar-refractivity contribution in [1.82, 2.24) is 4.90 Å². The average Bonchev–Trinajstić information content (AvgIpc) is 2.41. The topological polar surface area (TPSA) is 58.7 Å². The molecule has 0 aromatic rings. The number of ether oxygens (including phenoxy) is 1. The van der Waals surface area contributed by atoms with Crippen LogP contribution >= 0.6 is 0 Å². The van der Waals surface area contributed by atoms with E-state index in [1.807, 2.05) is 13.8 Å². The van der Waals surface area contributed by atoms with E-state index in [0.29, 0.717) is 6.54 Å². The van der Waals surface area contributed by atoms with Gasteiger partial charge in [0.2, 0.25) is 0 Å². The molecular weight excluding hydrogens is 180 g/mol. The van der Waals surface area contributed by atoms with Gasteiger partial charge in [-0.3, -0.25) is 4.90 Å². The van der Waals surface area contributed by atoms with Crippen LogP contribution < -0.4 is 5.73 Å². The van der Waals surface area contributed by atoms with Crippen LogP contribution in [0.25, 0.3) is 0 Å². The van der Waals surface area contributed by atoms with Gasteiger partial charge in [0.15, 0.2) is 0 Å². The Balaban J connectivity index is 2.49. The van der Waals surface area contributed by atoms with E-state index < -0.39 is 0 Å². The van der Waals surface area contributed by atoms with Gasteiger partial charge in [0.1, 0.15) is 0 Å². The molecule has 0 aliphatic carbocycles. The molecule has 1 heterocycles. The van der Waals surface area contributed by atoms with Gasteiger partial charge in [-0.05, 0) is 20.3 Å². The highest BCUT2D eigenvalue weighted by atomic mass is 16.5. The highest BCUT2D eigenvalue weighted by Crippen LogP contribution is 2.11. The lowest BCUT2D eigenvalue weighted by molar-refractivity contribution is 0.0326. The van der Waals surface area contributed by atoms with Gasteiger partial charge in [-0.1, -0.05) is 0 Å². The lowest BCUT2D eigenvalue weighted by atomic mass is 10.1. The molecule has 1 saturated heterocycles. The molecule has 0 bridgehead atoms. The van der Waals surface area contributed by atoms with Crippen LogP contribution in [0.5, 0.6) is 0 Å². The lowest BCUT2D eigenvalue weighted by Gasteiger charge is -2.31. The van der Waals surface area contributed by atoms with Gasteiger partial charge in [-0.2, -0.15) is 0 Å². The van der Waals surface area contributed by atoms with Gasteiger partial charge in [0, 0.05) is 32.3 Å². The standard InChI is InChI=1S/C10H22N2O2/c1-8(9(2)13)12-4-3-5-14-10(6-11)7-12/h8-10,13H,3-7,11H2,1-2H3. The van der Waals surface area contributed by atoms with E-state index in [9.17, 15) is 5.11 Å². The van der Waals surface area contributed by atoms with E-state index in [-0.39, 0.29) is 18.2 Å².